The Bertz CT molecular complexity index is 335. The van der Waals surface area contributed by atoms with Crippen molar-refractivity contribution in [3.63, 3.8) is 0 Å². The molecule has 1 rings (SSSR count). The number of hydrogen-bond donors (Lipinski definition) is 1. The molecule has 0 aliphatic rings. The lowest BCUT2D eigenvalue weighted by atomic mass is 10.1. The molecule has 16 heavy (non-hydrogen) atoms. The largest absolute Gasteiger partial charge is 0.481 e. The Morgan fingerprint density at radius 3 is 2.25 bits per heavy atom. The van der Waals surface area contributed by atoms with Gasteiger partial charge in [0.2, 0.25) is 0 Å². The summed E-state index contributed by atoms with van der Waals surface area (Å²) in [6, 6.07) is 10.2. The van der Waals surface area contributed by atoms with Gasteiger partial charge in [-0.05, 0) is 26.0 Å². The molecule has 0 saturated carbocycles. The lowest BCUT2D eigenvalue weighted by Crippen LogP contribution is -2.36. The van der Waals surface area contributed by atoms with Crippen LogP contribution in [0.3, 0.4) is 0 Å². The molecule has 0 heterocycles. The van der Waals surface area contributed by atoms with Crippen LogP contribution in [0.5, 0.6) is 0 Å². The van der Waals surface area contributed by atoms with E-state index in [0.717, 1.165) is 5.69 Å². The van der Waals surface area contributed by atoms with Gasteiger partial charge in [0.25, 0.3) is 0 Å². The molecule has 3 nitrogen and oxygen atoms in total. The first kappa shape index (κ1) is 12.6. The highest BCUT2D eigenvalue weighted by molar-refractivity contribution is 5.70. The quantitative estimate of drug-likeness (QED) is 0.831. The first-order chi connectivity index (χ1) is 7.52. The van der Waals surface area contributed by atoms with Gasteiger partial charge >= 0.3 is 5.97 Å². The van der Waals surface area contributed by atoms with Crippen molar-refractivity contribution in [1.82, 2.24) is 0 Å². The Labute approximate surface area is 96.7 Å². The fourth-order valence-corrected chi connectivity index (χ4v) is 1.61. The molecule has 0 aliphatic heterocycles. The topological polar surface area (TPSA) is 40.5 Å². The third kappa shape index (κ3) is 3.26. The van der Waals surface area contributed by atoms with E-state index in [4.69, 9.17) is 5.11 Å². The SMILES string of the molecule is CC(CN(c1ccccc1)C(C)C)C(=O)O. The van der Waals surface area contributed by atoms with Crippen molar-refractivity contribution >= 4 is 11.7 Å². The van der Waals surface area contributed by atoms with Gasteiger partial charge < -0.3 is 10.0 Å². The lowest BCUT2D eigenvalue weighted by Gasteiger charge is -2.30. The molecule has 88 valence electrons. The highest BCUT2D eigenvalue weighted by atomic mass is 16.4. The minimum absolute atomic E-state index is 0.296. The summed E-state index contributed by atoms with van der Waals surface area (Å²) in [5.41, 5.74) is 1.07. The number of aliphatic carboxylic acids is 1. The Morgan fingerprint density at radius 2 is 1.81 bits per heavy atom. The van der Waals surface area contributed by atoms with Crippen molar-refractivity contribution in [2.24, 2.45) is 5.92 Å². The molecular formula is C13H19NO2. The van der Waals surface area contributed by atoms with Crippen LogP contribution in [-0.4, -0.2) is 23.7 Å². The smallest absolute Gasteiger partial charge is 0.308 e. The number of carbonyl (C=O) groups is 1. The third-order valence-corrected chi connectivity index (χ3v) is 2.60. The second kappa shape index (κ2) is 5.54. The van der Waals surface area contributed by atoms with Crippen molar-refractivity contribution in [1.29, 1.82) is 0 Å². The summed E-state index contributed by atoms with van der Waals surface area (Å²) in [6.45, 7) is 6.42. The van der Waals surface area contributed by atoms with Gasteiger partial charge in [0.1, 0.15) is 0 Å². The summed E-state index contributed by atoms with van der Waals surface area (Å²) >= 11 is 0. The molecule has 0 saturated heterocycles. The van der Waals surface area contributed by atoms with Crippen LogP contribution in [0.4, 0.5) is 5.69 Å². The Morgan fingerprint density at radius 1 is 1.25 bits per heavy atom. The van der Waals surface area contributed by atoms with Crippen LogP contribution in [0.2, 0.25) is 0 Å². The van der Waals surface area contributed by atoms with E-state index in [1.165, 1.54) is 0 Å². The number of anilines is 1. The van der Waals surface area contributed by atoms with E-state index in [9.17, 15) is 4.79 Å². The zero-order valence-corrected chi connectivity index (χ0v) is 10.1. The first-order valence-electron chi connectivity index (χ1n) is 5.57. The number of hydrogen-bond acceptors (Lipinski definition) is 2. The van der Waals surface area contributed by atoms with E-state index in [1.54, 1.807) is 6.92 Å². The summed E-state index contributed by atoms with van der Waals surface area (Å²) < 4.78 is 0. The van der Waals surface area contributed by atoms with Crippen LogP contribution >= 0.6 is 0 Å². The fourth-order valence-electron chi connectivity index (χ4n) is 1.61. The van der Waals surface area contributed by atoms with Crippen LogP contribution in [-0.2, 0) is 4.79 Å². The Hall–Kier alpha value is -1.51. The molecule has 0 spiro atoms. The van der Waals surface area contributed by atoms with Crippen LogP contribution in [0.15, 0.2) is 30.3 Å². The molecule has 0 amide bonds. The average Bonchev–Trinajstić information content (AvgIpc) is 2.26. The predicted octanol–water partition coefficient (Wildman–Crippen LogP) is 2.62. The zero-order valence-electron chi connectivity index (χ0n) is 10.1. The van der Waals surface area contributed by atoms with Crippen LogP contribution in [0, 0.1) is 5.92 Å². The second-order valence-corrected chi connectivity index (χ2v) is 4.32. The van der Waals surface area contributed by atoms with Crippen LogP contribution in [0.25, 0.3) is 0 Å². The summed E-state index contributed by atoms with van der Waals surface area (Å²) in [7, 11) is 0. The summed E-state index contributed by atoms with van der Waals surface area (Å²) in [6.07, 6.45) is 0. The molecule has 0 aromatic heterocycles. The third-order valence-electron chi connectivity index (χ3n) is 2.60. The van der Waals surface area contributed by atoms with E-state index in [2.05, 4.69) is 18.7 Å². The zero-order chi connectivity index (χ0) is 12.1. The molecule has 0 aliphatic carbocycles. The lowest BCUT2D eigenvalue weighted by molar-refractivity contribution is -0.140. The minimum Gasteiger partial charge on any atom is -0.481 e. The van der Waals surface area contributed by atoms with Gasteiger partial charge in [-0.1, -0.05) is 25.1 Å². The maximum Gasteiger partial charge on any atom is 0.308 e. The normalized spacial score (nSPS) is 12.5. The maximum atomic E-state index is 10.9. The summed E-state index contributed by atoms with van der Waals surface area (Å²) in [5.74, 6) is -1.11. The van der Waals surface area contributed by atoms with Gasteiger partial charge in [-0.3, -0.25) is 4.79 Å². The predicted molar refractivity (Wildman–Crippen MR) is 65.7 cm³/mol. The summed E-state index contributed by atoms with van der Waals surface area (Å²) in [4.78, 5) is 13.0. The molecule has 0 fully saturated rings. The molecule has 1 N–H and O–H groups in total. The van der Waals surface area contributed by atoms with Gasteiger partial charge in [-0.2, -0.15) is 0 Å². The molecule has 0 radical (unpaired) electrons. The summed E-state index contributed by atoms with van der Waals surface area (Å²) in [5, 5.41) is 8.93. The van der Waals surface area contributed by atoms with Crippen molar-refractivity contribution in [3.05, 3.63) is 30.3 Å². The first-order valence-corrected chi connectivity index (χ1v) is 5.57. The van der Waals surface area contributed by atoms with Crippen molar-refractivity contribution in [2.75, 3.05) is 11.4 Å². The number of carboxylic acid groups (broad SMARTS) is 1. The van der Waals surface area contributed by atoms with Gasteiger partial charge in [0, 0.05) is 18.3 Å². The van der Waals surface area contributed by atoms with E-state index in [-0.39, 0.29) is 5.92 Å². The van der Waals surface area contributed by atoms with Crippen molar-refractivity contribution in [2.45, 2.75) is 26.8 Å². The highest BCUT2D eigenvalue weighted by Crippen LogP contribution is 2.18. The minimum atomic E-state index is -0.749. The number of nitrogens with zero attached hydrogens (tertiary/aromatic N) is 1. The maximum absolute atomic E-state index is 10.9. The molecule has 1 aromatic rings. The fraction of sp³-hybridized carbons (Fsp3) is 0.462. The molecule has 0 bridgehead atoms. The van der Waals surface area contributed by atoms with Gasteiger partial charge in [0.05, 0.1) is 5.92 Å². The molecule has 1 atom stereocenters. The highest BCUT2D eigenvalue weighted by Gasteiger charge is 2.18. The van der Waals surface area contributed by atoms with E-state index in [1.807, 2.05) is 30.3 Å². The monoisotopic (exact) mass is 221 g/mol. The average molecular weight is 221 g/mol. The number of carboxylic acids is 1. The van der Waals surface area contributed by atoms with Gasteiger partial charge in [-0.15, -0.1) is 0 Å². The molecule has 1 unspecified atom stereocenters. The Kier molecular flexibility index (Phi) is 4.35. The number of benzene rings is 1. The van der Waals surface area contributed by atoms with Gasteiger partial charge in [-0.25, -0.2) is 0 Å². The standard InChI is InChI=1S/C13H19NO2/c1-10(2)14(9-11(3)13(15)16)12-7-5-4-6-8-12/h4-8,10-11H,9H2,1-3H3,(H,15,16). The van der Waals surface area contributed by atoms with E-state index < -0.39 is 5.97 Å². The van der Waals surface area contributed by atoms with Gasteiger partial charge in [0.15, 0.2) is 0 Å². The Balaban J connectivity index is 2.81. The number of rotatable bonds is 5. The molecule has 3 heteroatoms. The molecule has 1 aromatic carbocycles. The van der Waals surface area contributed by atoms with Crippen LogP contribution in [0.1, 0.15) is 20.8 Å². The van der Waals surface area contributed by atoms with Crippen molar-refractivity contribution < 1.29 is 9.90 Å². The van der Waals surface area contributed by atoms with E-state index >= 15 is 0 Å². The van der Waals surface area contributed by atoms with Crippen molar-refractivity contribution in [3.8, 4) is 0 Å². The van der Waals surface area contributed by atoms with E-state index in [0.29, 0.717) is 12.6 Å². The molecular weight excluding hydrogens is 202 g/mol. The number of para-hydroxylation sites is 1. The second-order valence-electron chi connectivity index (χ2n) is 4.32. The van der Waals surface area contributed by atoms with Crippen LogP contribution < -0.4 is 4.90 Å².